The number of hydrogen-bond donors (Lipinski definition) is 0. The highest BCUT2D eigenvalue weighted by molar-refractivity contribution is 7.54. The molecule has 0 rings (SSSR count). The molecule has 0 aliphatic heterocycles. The standard InChI is InChI=1S/C12H22NO5P/c1-4-16-12(14)10-11(8-7-9-13)19(15,17-5-2)18-6-3/h11H,4-8,10H2,1-3H3. The topological polar surface area (TPSA) is 85.6 Å². The Bertz CT molecular complexity index is 343. The van der Waals surface area contributed by atoms with Gasteiger partial charge in [0.2, 0.25) is 0 Å². The summed E-state index contributed by atoms with van der Waals surface area (Å²) in [4.78, 5) is 11.5. The lowest BCUT2D eigenvalue weighted by Crippen LogP contribution is -2.19. The van der Waals surface area contributed by atoms with Crippen LogP contribution < -0.4 is 0 Å². The van der Waals surface area contributed by atoms with Gasteiger partial charge in [0.05, 0.1) is 38.0 Å². The van der Waals surface area contributed by atoms with Gasteiger partial charge in [-0.15, -0.1) is 0 Å². The average molecular weight is 291 g/mol. The summed E-state index contributed by atoms with van der Waals surface area (Å²) in [7, 11) is -3.39. The van der Waals surface area contributed by atoms with Crippen molar-refractivity contribution in [2.75, 3.05) is 19.8 Å². The van der Waals surface area contributed by atoms with Crippen LogP contribution >= 0.6 is 7.60 Å². The minimum atomic E-state index is -3.39. The minimum absolute atomic E-state index is 0.0627. The first-order valence-electron chi connectivity index (χ1n) is 6.45. The largest absolute Gasteiger partial charge is 0.466 e. The van der Waals surface area contributed by atoms with E-state index < -0.39 is 19.2 Å². The van der Waals surface area contributed by atoms with Crippen LogP contribution in [-0.2, 0) is 23.1 Å². The number of ether oxygens (including phenoxy) is 1. The third-order valence-electron chi connectivity index (χ3n) is 2.36. The van der Waals surface area contributed by atoms with E-state index in [1.807, 2.05) is 6.07 Å². The van der Waals surface area contributed by atoms with Crippen LogP contribution in [0.2, 0.25) is 0 Å². The summed E-state index contributed by atoms with van der Waals surface area (Å²) >= 11 is 0. The summed E-state index contributed by atoms with van der Waals surface area (Å²) < 4.78 is 27.9. The minimum Gasteiger partial charge on any atom is -0.466 e. The van der Waals surface area contributed by atoms with Crippen molar-refractivity contribution in [2.24, 2.45) is 0 Å². The highest BCUT2D eigenvalue weighted by atomic mass is 31.2. The normalized spacial score (nSPS) is 12.7. The summed E-state index contributed by atoms with van der Waals surface area (Å²) in [5, 5.41) is 8.64. The fraction of sp³-hybridized carbons (Fsp3) is 0.833. The van der Waals surface area contributed by atoms with Gasteiger partial charge in [0, 0.05) is 6.42 Å². The second-order valence-corrected chi connectivity index (χ2v) is 6.06. The maximum Gasteiger partial charge on any atom is 0.334 e. The van der Waals surface area contributed by atoms with Crippen molar-refractivity contribution in [3.05, 3.63) is 0 Å². The number of esters is 1. The smallest absolute Gasteiger partial charge is 0.334 e. The lowest BCUT2D eigenvalue weighted by Gasteiger charge is -2.25. The molecule has 0 bridgehead atoms. The molecule has 0 aliphatic rings. The molecule has 0 aromatic rings. The number of hydrogen-bond acceptors (Lipinski definition) is 6. The van der Waals surface area contributed by atoms with E-state index >= 15 is 0 Å². The van der Waals surface area contributed by atoms with Gasteiger partial charge in [-0.2, -0.15) is 5.26 Å². The zero-order valence-corrected chi connectivity index (χ0v) is 12.7. The van der Waals surface area contributed by atoms with Gasteiger partial charge in [-0.3, -0.25) is 9.36 Å². The van der Waals surface area contributed by atoms with Crippen LogP contribution in [0.4, 0.5) is 0 Å². The molecule has 0 saturated heterocycles. The zero-order chi connectivity index (χ0) is 14.7. The molecule has 0 aliphatic carbocycles. The third-order valence-corrected chi connectivity index (χ3v) is 4.93. The quantitative estimate of drug-likeness (QED) is 0.454. The van der Waals surface area contributed by atoms with Crippen molar-refractivity contribution in [3.63, 3.8) is 0 Å². The zero-order valence-electron chi connectivity index (χ0n) is 11.8. The summed E-state index contributed by atoms with van der Waals surface area (Å²) in [6.07, 6.45) is 0.410. The second-order valence-electron chi connectivity index (χ2n) is 3.74. The van der Waals surface area contributed by atoms with E-state index in [4.69, 9.17) is 19.0 Å². The monoisotopic (exact) mass is 291 g/mol. The molecule has 7 heteroatoms. The van der Waals surface area contributed by atoms with Gasteiger partial charge in [-0.25, -0.2) is 0 Å². The lowest BCUT2D eigenvalue weighted by molar-refractivity contribution is -0.143. The Morgan fingerprint density at radius 1 is 1.21 bits per heavy atom. The Balaban J connectivity index is 4.90. The first kappa shape index (κ1) is 18.1. The van der Waals surface area contributed by atoms with Crippen LogP contribution in [0.3, 0.4) is 0 Å². The summed E-state index contributed by atoms with van der Waals surface area (Å²) in [6.45, 7) is 5.82. The van der Waals surface area contributed by atoms with Crippen molar-refractivity contribution in [2.45, 2.75) is 45.7 Å². The van der Waals surface area contributed by atoms with E-state index in [1.165, 1.54) is 0 Å². The number of carbonyl (C=O) groups excluding carboxylic acids is 1. The lowest BCUT2D eigenvalue weighted by atomic mass is 10.2. The predicted octanol–water partition coefficient (Wildman–Crippen LogP) is 2.88. The first-order valence-corrected chi connectivity index (χ1v) is 8.06. The molecule has 1 unspecified atom stereocenters. The van der Waals surface area contributed by atoms with E-state index in [9.17, 15) is 9.36 Å². The van der Waals surface area contributed by atoms with Crippen molar-refractivity contribution < 1.29 is 23.1 Å². The van der Waals surface area contributed by atoms with Crippen LogP contribution in [0.25, 0.3) is 0 Å². The van der Waals surface area contributed by atoms with Gasteiger partial charge >= 0.3 is 13.6 Å². The SMILES string of the molecule is CCOC(=O)CC(CCC#N)P(=O)(OCC)OCC. The molecule has 0 aromatic carbocycles. The summed E-state index contributed by atoms with van der Waals surface area (Å²) in [5.41, 5.74) is -0.633. The average Bonchev–Trinajstić information content (AvgIpc) is 2.35. The molecular formula is C12H22NO5P. The van der Waals surface area contributed by atoms with E-state index in [-0.39, 0.29) is 39.1 Å². The second kappa shape index (κ2) is 9.96. The van der Waals surface area contributed by atoms with Crippen molar-refractivity contribution in [3.8, 4) is 6.07 Å². The maximum absolute atomic E-state index is 12.6. The molecule has 0 spiro atoms. The molecule has 0 heterocycles. The Labute approximate surface area is 114 Å². The summed E-state index contributed by atoms with van der Waals surface area (Å²) in [6, 6.07) is 1.98. The number of nitrogens with zero attached hydrogens (tertiary/aromatic N) is 1. The van der Waals surface area contributed by atoms with Crippen molar-refractivity contribution in [1.29, 1.82) is 5.26 Å². The Morgan fingerprint density at radius 2 is 1.79 bits per heavy atom. The number of rotatable bonds is 10. The molecule has 0 saturated carbocycles. The van der Waals surface area contributed by atoms with Gasteiger partial charge in [-0.05, 0) is 27.2 Å². The van der Waals surface area contributed by atoms with Crippen molar-refractivity contribution >= 4 is 13.6 Å². The predicted molar refractivity (Wildman–Crippen MR) is 70.7 cm³/mol. The van der Waals surface area contributed by atoms with Gasteiger partial charge in [0.15, 0.2) is 0 Å². The van der Waals surface area contributed by atoms with Crippen molar-refractivity contribution in [1.82, 2.24) is 0 Å². The molecule has 0 fully saturated rings. The third kappa shape index (κ3) is 6.72. The van der Waals surface area contributed by atoms with E-state index in [2.05, 4.69) is 0 Å². The number of carbonyl (C=O) groups is 1. The molecular weight excluding hydrogens is 269 g/mol. The maximum atomic E-state index is 12.6. The van der Waals surface area contributed by atoms with Gasteiger partial charge in [0.25, 0.3) is 0 Å². The van der Waals surface area contributed by atoms with Crippen LogP contribution in [0.5, 0.6) is 0 Å². The Morgan fingerprint density at radius 3 is 2.21 bits per heavy atom. The number of nitriles is 1. The molecule has 0 amide bonds. The Hall–Kier alpha value is -0.890. The van der Waals surface area contributed by atoms with Gasteiger partial charge in [0.1, 0.15) is 0 Å². The molecule has 6 nitrogen and oxygen atoms in total. The Kier molecular flexibility index (Phi) is 9.50. The van der Waals surface area contributed by atoms with E-state index in [0.29, 0.717) is 0 Å². The van der Waals surface area contributed by atoms with Gasteiger partial charge in [-0.1, -0.05) is 0 Å². The van der Waals surface area contributed by atoms with Crippen LogP contribution in [0.15, 0.2) is 0 Å². The highest BCUT2D eigenvalue weighted by Crippen LogP contribution is 2.55. The first-order chi connectivity index (χ1) is 9.03. The van der Waals surface area contributed by atoms with E-state index in [1.54, 1.807) is 20.8 Å². The van der Waals surface area contributed by atoms with Crippen LogP contribution in [-0.4, -0.2) is 31.4 Å². The highest BCUT2D eigenvalue weighted by Gasteiger charge is 2.37. The molecule has 0 radical (unpaired) electrons. The van der Waals surface area contributed by atoms with E-state index in [0.717, 1.165) is 0 Å². The molecule has 0 N–H and O–H groups in total. The fourth-order valence-electron chi connectivity index (χ4n) is 1.62. The fourth-order valence-corrected chi connectivity index (χ4v) is 3.66. The molecule has 19 heavy (non-hydrogen) atoms. The molecule has 110 valence electrons. The van der Waals surface area contributed by atoms with Crippen LogP contribution in [0.1, 0.15) is 40.0 Å². The summed E-state index contributed by atoms with van der Waals surface area (Å²) in [5.74, 6) is -0.454. The molecule has 1 atom stereocenters. The van der Waals surface area contributed by atoms with Crippen LogP contribution in [0, 0.1) is 11.3 Å². The molecule has 0 aromatic heterocycles. The van der Waals surface area contributed by atoms with Gasteiger partial charge < -0.3 is 13.8 Å².